The lowest BCUT2D eigenvalue weighted by Gasteiger charge is -2.09. The maximum Gasteiger partial charge on any atom is 0.322 e. The Morgan fingerprint density at radius 1 is 1.32 bits per heavy atom. The van der Waals surface area contributed by atoms with Gasteiger partial charge in [-0.3, -0.25) is 0 Å². The molecule has 0 atom stereocenters. The second-order valence-electron chi connectivity index (χ2n) is 4.31. The lowest BCUT2D eigenvalue weighted by atomic mass is 10.2. The zero-order chi connectivity index (χ0) is 13.8. The number of benzene rings is 1. The molecule has 0 unspecified atom stereocenters. The van der Waals surface area contributed by atoms with Crippen molar-refractivity contribution in [2.45, 2.75) is 20.4 Å². The summed E-state index contributed by atoms with van der Waals surface area (Å²) in [4.78, 5) is 8.55. The Bertz CT molecular complexity index is 587. The third kappa shape index (κ3) is 3.43. The van der Waals surface area contributed by atoms with Crippen molar-refractivity contribution in [2.75, 3.05) is 7.05 Å². The van der Waals surface area contributed by atoms with E-state index >= 15 is 0 Å². The van der Waals surface area contributed by atoms with Gasteiger partial charge in [-0.2, -0.15) is 4.98 Å². The largest absolute Gasteiger partial charge is 0.424 e. The topological polar surface area (TPSA) is 47.0 Å². The maximum absolute atomic E-state index is 5.91. The summed E-state index contributed by atoms with van der Waals surface area (Å²) in [7, 11) is 1.89. The highest BCUT2D eigenvalue weighted by atomic mass is 35.5. The van der Waals surface area contributed by atoms with Crippen LogP contribution in [0.1, 0.15) is 16.8 Å². The Labute approximate surface area is 117 Å². The molecule has 1 aromatic heterocycles. The number of hydrogen-bond donors (Lipinski definition) is 1. The molecule has 0 radical (unpaired) electrons. The van der Waals surface area contributed by atoms with Crippen molar-refractivity contribution in [1.82, 2.24) is 15.3 Å². The molecule has 0 amide bonds. The second kappa shape index (κ2) is 5.99. The minimum atomic E-state index is 0.350. The molecule has 1 aromatic carbocycles. The van der Waals surface area contributed by atoms with Crippen LogP contribution in [0.5, 0.6) is 11.8 Å². The van der Waals surface area contributed by atoms with E-state index in [1.807, 2.05) is 33.0 Å². The first-order valence-electron chi connectivity index (χ1n) is 6.01. The lowest BCUT2D eigenvalue weighted by Crippen LogP contribution is -2.08. The molecule has 4 nitrogen and oxygen atoms in total. The summed E-state index contributed by atoms with van der Waals surface area (Å²) < 4.78 is 5.68. The molecular weight excluding hydrogens is 262 g/mol. The van der Waals surface area contributed by atoms with Crippen molar-refractivity contribution in [3.8, 4) is 11.8 Å². The minimum absolute atomic E-state index is 0.350. The van der Waals surface area contributed by atoms with Gasteiger partial charge in [0.2, 0.25) is 0 Å². The first kappa shape index (κ1) is 13.8. The number of halogens is 1. The molecule has 0 saturated heterocycles. The van der Waals surface area contributed by atoms with Gasteiger partial charge in [-0.25, -0.2) is 4.98 Å². The van der Waals surface area contributed by atoms with Crippen LogP contribution in [0.15, 0.2) is 24.4 Å². The van der Waals surface area contributed by atoms with E-state index < -0.39 is 0 Å². The van der Waals surface area contributed by atoms with Crippen molar-refractivity contribution in [3.63, 3.8) is 0 Å². The van der Waals surface area contributed by atoms with Crippen LogP contribution in [0.2, 0.25) is 5.02 Å². The number of nitrogens with one attached hydrogen (secondary N) is 1. The van der Waals surface area contributed by atoms with Gasteiger partial charge in [-0.15, -0.1) is 0 Å². The highest BCUT2D eigenvalue weighted by molar-refractivity contribution is 6.30. The first-order valence-corrected chi connectivity index (χ1v) is 6.39. The average molecular weight is 278 g/mol. The third-order valence-electron chi connectivity index (χ3n) is 2.76. The molecule has 0 spiro atoms. The Morgan fingerprint density at radius 3 is 2.74 bits per heavy atom. The van der Waals surface area contributed by atoms with Crippen LogP contribution >= 0.6 is 11.6 Å². The predicted molar refractivity (Wildman–Crippen MR) is 75.8 cm³/mol. The zero-order valence-electron chi connectivity index (χ0n) is 11.2. The van der Waals surface area contributed by atoms with Gasteiger partial charge in [0.15, 0.2) is 0 Å². The second-order valence-corrected chi connectivity index (χ2v) is 4.74. The summed E-state index contributed by atoms with van der Waals surface area (Å²) in [6.07, 6.45) is 1.78. The van der Waals surface area contributed by atoms with Crippen LogP contribution in [-0.2, 0) is 6.54 Å². The van der Waals surface area contributed by atoms with Gasteiger partial charge in [-0.1, -0.05) is 11.6 Å². The number of nitrogens with zero attached hydrogens (tertiary/aromatic N) is 2. The Balaban J connectivity index is 2.21. The van der Waals surface area contributed by atoms with Gasteiger partial charge in [0.05, 0.1) is 0 Å². The number of ether oxygens (including phenoxy) is 1. The molecule has 2 aromatic rings. The number of hydrogen-bond acceptors (Lipinski definition) is 4. The van der Waals surface area contributed by atoms with E-state index in [0.717, 1.165) is 23.4 Å². The van der Waals surface area contributed by atoms with Crippen LogP contribution in [0, 0.1) is 13.8 Å². The van der Waals surface area contributed by atoms with E-state index in [-0.39, 0.29) is 0 Å². The molecule has 0 aliphatic rings. The predicted octanol–water partition coefficient (Wildman–Crippen LogP) is 3.26. The first-order chi connectivity index (χ1) is 9.10. The van der Waals surface area contributed by atoms with Crippen LogP contribution in [-0.4, -0.2) is 17.0 Å². The smallest absolute Gasteiger partial charge is 0.322 e. The van der Waals surface area contributed by atoms with Crippen molar-refractivity contribution in [1.29, 1.82) is 0 Å². The summed E-state index contributed by atoms with van der Waals surface area (Å²) in [5.41, 5.74) is 2.92. The summed E-state index contributed by atoms with van der Waals surface area (Å²) in [5, 5.41) is 3.76. The fraction of sp³-hybridized carbons (Fsp3) is 0.286. The maximum atomic E-state index is 5.91. The Morgan fingerprint density at radius 2 is 2.11 bits per heavy atom. The van der Waals surface area contributed by atoms with E-state index in [4.69, 9.17) is 16.3 Å². The van der Waals surface area contributed by atoms with E-state index in [1.165, 1.54) is 0 Å². The molecule has 1 N–H and O–H groups in total. The monoisotopic (exact) mass is 277 g/mol. The summed E-state index contributed by atoms with van der Waals surface area (Å²) in [5.74, 6) is 0.713. The van der Waals surface area contributed by atoms with Crippen molar-refractivity contribution in [2.24, 2.45) is 0 Å². The highest BCUT2D eigenvalue weighted by Crippen LogP contribution is 2.25. The molecule has 0 aliphatic carbocycles. The fourth-order valence-electron chi connectivity index (χ4n) is 1.71. The van der Waals surface area contributed by atoms with Crippen LogP contribution in [0.25, 0.3) is 0 Å². The Kier molecular flexibility index (Phi) is 4.35. The number of aromatic nitrogens is 2. The van der Waals surface area contributed by atoms with Crippen molar-refractivity contribution in [3.05, 3.63) is 46.2 Å². The van der Waals surface area contributed by atoms with Crippen LogP contribution < -0.4 is 10.1 Å². The van der Waals surface area contributed by atoms with Gasteiger partial charge in [0.1, 0.15) is 5.75 Å². The molecule has 100 valence electrons. The molecule has 0 aliphatic heterocycles. The third-order valence-corrected chi connectivity index (χ3v) is 3.00. The number of aryl methyl sites for hydroxylation is 2. The summed E-state index contributed by atoms with van der Waals surface area (Å²) in [6, 6.07) is 5.80. The quantitative estimate of drug-likeness (QED) is 0.932. The van der Waals surface area contributed by atoms with Gasteiger partial charge >= 0.3 is 6.01 Å². The van der Waals surface area contributed by atoms with Gasteiger partial charge < -0.3 is 10.1 Å². The molecule has 0 fully saturated rings. The molecule has 0 bridgehead atoms. The fourth-order valence-corrected chi connectivity index (χ4v) is 1.94. The highest BCUT2D eigenvalue weighted by Gasteiger charge is 2.07. The standard InChI is InChI=1S/C14H16ClN3O/c1-9-6-12(15)4-5-13(9)19-14-17-8-11(7-16-3)10(2)18-14/h4-6,8,16H,7H2,1-3H3. The molecular formula is C14H16ClN3O. The molecule has 2 rings (SSSR count). The molecule has 1 heterocycles. The van der Waals surface area contributed by atoms with E-state index in [1.54, 1.807) is 12.3 Å². The lowest BCUT2D eigenvalue weighted by molar-refractivity contribution is 0.436. The van der Waals surface area contributed by atoms with E-state index in [2.05, 4.69) is 15.3 Å². The zero-order valence-corrected chi connectivity index (χ0v) is 12.0. The Hall–Kier alpha value is -1.65. The summed E-state index contributed by atoms with van der Waals surface area (Å²) in [6.45, 7) is 4.62. The van der Waals surface area contributed by atoms with Crippen molar-refractivity contribution >= 4 is 11.6 Å². The molecule has 5 heteroatoms. The molecule has 19 heavy (non-hydrogen) atoms. The van der Waals surface area contributed by atoms with Gasteiger partial charge in [0.25, 0.3) is 0 Å². The van der Waals surface area contributed by atoms with E-state index in [9.17, 15) is 0 Å². The van der Waals surface area contributed by atoms with Gasteiger partial charge in [-0.05, 0) is 44.7 Å². The average Bonchev–Trinajstić information content (AvgIpc) is 2.36. The van der Waals surface area contributed by atoms with Crippen molar-refractivity contribution < 1.29 is 4.74 Å². The van der Waals surface area contributed by atoms with Crippen LogP contribution in [0.3, 0.4) is 0 Å². The van der Waals surface area contributed by atoms with E-state index in [0.29, 0.717) is 16.8 Å². The summed E-state index contributed by atoms with van der Waals surface area (Å²) >= 11 is 5.91. The number of rotatable bonds is 4. The minimum Gasteiger partial charge on any atom is -0.424 e. The molecule has 0 saturated carbocycles. The van der Waals surface area contributed by atoms with Crippen LogP contribution in [0.4, 0.5) is 0 Å². The van der Waals surface area contributed by atoms with Gasteiger partial charge in [0, 0.05) is 29.0 Å². The normalized spacial score (nSPS) is 10.5. The SMILES string of the molecule is CNCc1cnc(Oc2ccc(Cl)cc2C)nc1C.